The second kappa shape index (κ2) is 43.8. The number of unbranched alkanes of at least 4 members (excludes halogenated alkanes) is 24. The largest absolute Gasteiger partial charge is 0.394 e. The lowest BCUT2D eigenvalue weighted by Gasteiger charge is -2.20. The molecule has 0 saturated carbocycles. The zero-order valence-electron chi connectivity index (χ0n) is 35.6. The predicted molar refractivity (Wildman–Crippen MR) is 236 cm³/mol. The van der Waals surface area contributed by atoms with Crippen molar-refractivity contribution in [2.45, 2.75) is 238 Å². The SMILES string of the molecule is CCCCCCCCCC/C=C/CC/C=C/CC/C=C/C(O)C(CO)NC(=O)CC(O)CCCCCCC/C=C\C/C=C\CCCCCCCCCCC. The molecule has 0 rings (SSSR count). The van der Waals surface area contributed by atoms with E-state index in [-0.39, 0.29) is 18.9 Å². The van der Waals surface area contributed by atoms with Gasteiger partial charge in [-0.1, -0.05) is 197 Å². The molecule has 0 radical (unpaired) electrons. The molecule has 1 amide bonds. The Bertz CT molecular complexity index is 923. The summed E-state index contributed by atoms with van der Waals surface area (Å²) >= 11 is 0. The van der Waals surface area contributed by atoms with Crippen molar-refractivity contribution in [2.24, 2.45) is 0 Å². The molecule has 4 N–H and O–H groups in total. The van der Waals surface area contributed by atoms with E-state index in [4.69, 9.17) is 0 Å². The van der Waals surface area contributed by atoms with Crippen molar-refractivity contribution in [1.82, 2.24) is 5.32 Å². The van der Waals surface area contributed by atoms with Crippen LogP contribution in [0.5, 0.6) is 0 Å². The zero-order chi connectivity index (χ0) is 39.4. The molecular weight excluding hydrogens is 667 g/mol. The van der Waals surface area contributed by atoms with Gasteiger partial charge in [-0.25, -0.2) is 0 Å². The fourth-order valence-electron chi connectivity index (χ4n) is 6.69. The van der Waals surface area contributed by atoms with Gasteiger partial charge in [-0.3, -0.25) is 4.79 Å². The Kier molecular flexibility index (Phi) is 42.2. The lowest BCUT2D eigenvalue weighted by molar-refractivity contribution is -0.124. The molecule has 0 heterocycles. The molecule has 0 fully saturated rings. The van der Waals surface area contributed by atoms with Crippen LogP contribution in [0.3, 0.4) is 0 Å². The summed E-state index contributed by atoms with van der Waals surface area (Å²) in [6, 6.07) is -0.774. The minimum absolute atomic E-state index is 0.00938. The van der Waals surface area contributed by atoms with Gasteiger partial charge in [0.2, 0.25) is 5.91 Å². The topological polar surface area (TPSA) is 89.8 Å². The third-order valence-electron chi connectivity index (χ3n) is 10.3. The minimum Gasteiger partial charge on any atom is -0.394 e. The highest BCUT2D eigenvalue weighted by molar-refractivity contribution is 5.76. The van der Waals surface area contributed by atoms with Crippen molar-refractivity contribution >= 4 is 5.91 Å². The molecule has 0 aliphatic rings. The van der Waals surface area contributed by atoms with Crippen LogP contribution in [0.4, 0.5) is 0 Å². The van der Waals surface area contributed by atoms with Crippen LogP contribution in [0.25, 0.3) is 0 Å². The fourth-order valence-corrected chi connectivity index (χ4v) is 6.69. The summed E-state index contributed by atoms with van der Waals surface area (Å²) < 4.78 is 0. The molecule has 0 spiro atoms. The highest BCUT2D eigenvalue weighted by Gasteiger charge is 2.20. The first-order valence-corrected chi connectivity index (χ1v) is 23.1. The number of aliphatic hydroxyl groups is 3. The van der Waals surface area contributed by atoms with Gasteiger partial charge in [-0.15, -0.1) is 0 Å². The third kappa shape index (κ3) is 39.7. The van der Waals surface area contributed by atoms with Crippen LogP contribution < -0.4 is 5.32 Å². The Labute approximate surface area is 335 Å². The van der Waals surface area contributed by atoms with Gasteiger partial charge in [0.05, 0.1) is 31.3 Å². The van der Waals surface area contributed by atoms with Gasteiger partial charge in [-0.2, -0.15) is 0 Å². The molecule has 0 aromatic carbocycles. The van der Waals surface area contributed by atoms with Crippen LogP contribution in [-0.4, -0.2) is 46.1 Å². The van der Waals surface area contributed by atoms with Gasteiger partial charge >= 0.3 is 0 Å². The van der Waals surface area contributed by atoms with Crippen LogP contribution >= 0.6 is 0 Å². The molecule has 0 aromatic heterocycles. The minimum atomic E-state index is -0.966. The van der Waals surface area contributed by atoms with Crippen LogP contribution in [0.15, 0.2) is 60.8 Å². The van der Waals surface area contributed by atoms with Gasteiger partial charge in [0, 0.05) is 0 Å². The second-order valence-corrected chi connectivity index (χ2v) is 15.6. The summed E-state index contributed by atoms with van der Waals surface area (Å²) in [7, 11) is 0. The Morgan fingerprint density at radius 3 is 1.30 bits per heavy atom. The number of hydrogen-bond donors (Lipinski definition) is 4. The number of carbonyl (C=O) groups is 1. The number of rotatable bonds is 41. The Balaban J connectivity index is 3.76. The molecule has 5 nitrogen and oxygen atoms in total. The van der Waals surface area contributed by atoms with E-state index >= 15 is 0 Å². The lowest BCUT2D eigenvalue weighted by atomic mass is 10.0. The Hall–Kier alpha value is -1.95. The van der Waals surface area contributed by atoms with Crippen LogP contribution in [-0.2, 0) is 4.79 Å². The van der Waals surface area contributed by atoms with E-state index in [0.717, 1.165) is 57.8 Å². The first-order valence-electron chi connectivity index (χ1n) is 23.1. The average molecular weight is 756 g/mol. The summed E-state index contributed by atoms with van der Waals surface area (Å²) in [5.74, 6) is -0.339. The second-order valence-electron chi connectivity index (χ2n) is 15.6. The quantitative estimate of drug-likeness (QED) is 0.0369. The molecule has 0 aliphatic heterocycles. The maximum Gasteiger partial charge on any atom is 0.222 e. The zero-order valence-corrected chi connectivity index (χ0v) is 35.6. The highest BCUT2D eigenvalue weighted by Crippen LogP contribution is 2.13. The van der Waals surface area contributed by atoms with E-state index in [2.05, 4.69) is 67.8 Å². The average Bonchev–Trinajstić information content (AvgIpc) is 3.16. The molecule has 0 bridgehead atoms. The fraction of sp³-hybridized carbons (Fsp3) is 0.776. The molecule has 54 heavy (non-hydrogen) atoms. The smallest absolute Gasteiger partial charge is 0.222 e. The molecule has 0 aliphatic carbocycles. The first-order chi connectivity index (χ1) is 26.5. The number of aliphatic hydroxyl groups excluding tert-OH is 3. The number of hydrogen-bond acceptors (Lipinski definition) is 4. The van der Waals surface area contributed by atoms with Crippen molar-refractivity contribution in [1.29, 1.82) is 0 Å². The summed E-state index contributed by atoms with van der Waals surface area (Å²) in [5, 5.41) is 33.2. The third-order valence-corrected chi connectivity index (χ3v) is 10.3. The maximum atomic E-state index is 12.4. The normalized spacial score (nSPS) is 14.1. The van der Waals surface area contributed by atoms with Crippen molar-refractivity contribution in [3.63, 3.8) is 0 Å². The molecule has 0 aromatic rings. The molecule has 3 unspecified atom stereocenters. The van der Waals surface area contributed by atoms with Crippen molar-refractivity contribution in [3.8, 4) is 0 Å². The molecule has 0 saturated heterocycles. The van der Waals surface area contributed by atoms with Crippen LogP contribution in [0, 0.1) is 0 Å². The maximum absolute atomic E-state index is 12.4. The number of allylic oxidation sites excluding steroid dienone is 9. The van der Waals surface area contributed by atoms with Crippen molar-refractivity contribution in [2.75, 3.05) is 6.61 Å². The van der Waals surface area contributed by atoms with Gasteiger partial charge < -0.3 is 20.6 Å². The highest BCUT2D eigenvalue weighted by atomic mass is 16.3. The van der Waals surface area contributed by atoms with Crippen LogP contribution in [0.1, 0.15) is 219 Å². The van der Waals surface area contributed by atoms with Crippen molar-refractivity contribution in [3.05, 3.63) is 60.8 Å². The van der Waals surface area contributed by atoms with Gasteiger partial charge in [0.1, 0.15) is 0 Å². The van der Waals surface area contributed by atoms with Gasteiger partial charge in [0.15, 0.2) is 0 Å². The number of amides is 1. The van der Waals surface area contributed by atoms with E-state index in [9.17, 15) is 20.1 Å². The summed E-state index contributed by atoms with van der Waals surface area (Å²) in [6.45, 7) is 4.19. The van der Waals surface area contributed by atoms with E-state index in [1.165, 1.54) is 135 Å². The molecule has 5 heteroatoms. The van der Waals surface area contributed by atoms with E-state index < -0.39 is 18.2 Å². The Morgan fingerprint density at radius 2 is 0.852 bits per heavy atom. The molecular formula is C49H89NO4. The van der Waals surface area contributed by atoms with Crippen molar-refractivity contribution < 1.29 is 20.1 Å². The van der Waals surface area contributed by atoms with Gasteiger partial charge in [0.25, 0.3) is 0 Å². The monoisotopic (exact) mass is 756 g/mol. The molecule has 314 valence electrons. The number of carbonyl (C=O) groups excluding carboxylic acids is 1. The summed E-state index contributed by atoms with van der Waals surface area (Å²) in [4.78, 5) is 12.4. The van der Waals surface area contributed by atoms with E-state index in [1.54, 1.807) is 6.08 Å². The first kappa shape index (κ1) is 52.0. The Morgan fingerprint density at radius 1 is 0.481 bits per heavy atom. The number of nitrogens with one attached hydrogen (secondary N) is 1. The predicted octanol–water partition coefficient (Wildman–Crippen LogP) is 13.5. The molecule has 3 atom stereocenters. The van der Waals surface area contributed by atoms with Gasteiger partial charge in [-0.05, 0) is 77.0 Å². The van der Waals surface area contributed by atoms with Crippen LogP contribution in [0.2, 0.25) is 0 Å². The van der Waals surface area contributed by atoms with E-state index in [0.29, 0.717) is 6.42 Å². The summed E-state index contributed by atoms with van der Waals surface area (Å²) in [6.07, 6.45) is 57.9. The standard InChI is InChI=1S/C49H89NO4/c1-3-5-7-9-11-13-15-17-19-21-23-24-25-26-28-30-32-34-36-38-40-42-46(52)44-49(54)50-47(45-51)48(53)43-41-39-37-35-33-31-29-27-22-20-18-16-14-12-10-8-6-4-2/h22-24,26-28,33,35,41,43,46-48,51-53H,3-21,25,29-32,34,36-40,42,44-45H2,1-2H3,(H,50,54)/b24-23-,27-22+,28-26-,35-33+,43-41+. The van der Waals surface area contributed by atoms with E-state index in [1.807, 2.05) is 6.08 Å². The summed E-state index contributed by atoms with van der Waals surface area (Å²) in [5.41, 5.74) is 0. The lowest BCUT2D eigenvalue weighted by Crippen LogP contribution is -2.45.